The van der Waals surface area contributed by atoms with Crippen molar-refractivity contribution in [2.75, 3.05) is 6.61 Å². The number of carbonyl (C=O) groups excluding carboxylic acids is 1. The van der Waals surface area contributed by atoms with Gasteiger partial charge >= 0.3 is 5.97 Å². The van der Waals surface area contributed by atoms with Crippen LogP contribution in [0.4, 0.5) is 0 Å². The van der Waals surface area contributed by atoms with Crippen molar-refractivity contribution in [1.82, 2.24) is 4.57 Å². The molecule has 0 saturated heterocycles. The van der Waals surface area contributed by atoms with Gasteiger partial charge in [0, 0.05) is 29.0 Å². The van der Waals surface area contributed by atoms with Crippen LogP contribution in [0.25, 0.3) is 0 Å². The molecule has 1 aromatic heterocycles. The molecule has 1 aromatic rings. The number of ether oxygens (including phenoxy) is 1. The highest BCUT2D eigenvalue weighted by molar-refractivity contribution is 8.13. The van der Waals surface area contributed by atoms with E-state index in [9.17, 15) is 13.2 Å². The third-order valence-corrected chi connectivity index (χ3v) is 4.13. The van der Waals surface area contributed by atoms with Crippen LogP contribution in [-0.2, 0) is 20.8 Å². The molecule has 0 atom stereocenters. The fraction of sp³-hybridized carbons (Fsp3) is 0.500. The summed E-state index contributed by atoms with van der Waals surface area (Å²) in [5.41, 5.74) is 0.947. The zero-order valence-electron chi connectivity index (χ0n) is 10.1. The summed E-state index contributed by atoms with van der Waals surface area (Å²) >= 11 is 0. The summed E-state index contributed by atoms with van der Waals surface area (Å²) in [6.45, 7) is 5.03. The van der Waals surface area contributed by atoms with Crippen molar-refractivity contribution in [1.29, 1.82) is 0 Å². The quantitative estimate of drug-likeness (QED) is 0.624. The van der Waals surface area contributed by atoms with Crippen LogP contribution in [0.1, 0.15) is 28.7 Å². The Morgan fingerprint density at radius 2 is 1.94 bits per heavy atom. The molecule has 0 saturated carbocycles. The third-order valence-electron chi connectivity index (χ3n) is 2.58. The summed E-state index contributed by atoms with van der Waals surface area (Å²) in [5, 5.41) is 0. The number of esters is 1. The molecule has 1 heterocycles. The van der Waals surface area contributed by atoms with Gasteiger partial charge in [-0.25, -0.2) is 13.2 Å². The van der Waals surface area contributed by atoms with Gasteiger partial charge in [-0.1, -0.05) is 0 Å². The largest absolute Gasteiger partial charge is 0.461 e. The normalized spacial score (nSPS) is 11.6. The molecule has 0 aliphatic carbocycles. The molecule has 0 N–H and O–H groups in total. The van der Waals surface area contributed by atoms with Crippen LogP contribution in [0, 0.1) is 13.8 Å². The number of rotatable bonds is 3. The SMILES string of the molecule is CCOC(=O)c1c(C)c(S(=O)(=O)Cl)c(C)n1C. The van der Waals surface area contributed by atoms with Gasteiger partial charge in [0.1, 0.15) is 10.6 Å². The lowest BCUT2D eigenvalue weighted by Crippen LogP contribution is -2.11. The Labute approximate surface area is 105 Å². The van der Waals surface area contributed by atoms with E-state index in [4.69, 9.17) is 15.4 Å². The molecular formula is C10H14ClNO4S. The number of halogens is 1. The molecule has 7 heteroatoms. The summed E-state index contributed by atoms with van der Waals surface area (Å²) in [7, 11) is 3.07. The number of aromatic nitrogens is 1. The van der Waals surface area contributed by atoms with Crippen LogP contribution in [-0.4, -0.2) is 25.6 Å². The second kappa shape index (κ2) is 4.70. The van der Waals surface area contributed by atoms with Crippen molar-refractivity contribution in [3.63, 3.8) is 0 Å². The first kappa shape index (κ1) is 14.1. The highest BCUT2D eigenvalue weighted by atomic mass is 35.7. The van der Waals surface area contributed by atoms with Crippen molar-refractivity contribution in [2.24, 2.45) is 7.05 Å². The molecule has 0 bridgehead atoms. The Kier molecular flexibility index (Phi) is 3.88. The third kappa shape index (κ3) is 2.47. The molecule has 5 nitrogen and oxygen atoms in total. The van der Waals surface area contributed by atoms with Crippen molar-refractivity contribution in [3.05, 3.63) is 17.0 Å². The van der Waals surface area contributed by atoms with E-state index in [1.807, 2.05) is 0 Å². The monoisotopic (exact) mass is 279 g/mol. The fourth-order valence-electron chi connectivity index (χ4n) is 1.80. The summed E-state index contributed by atoms with van der Waals surface area (Å²) in [6, 6.07) is 0. The maximum atomic E-state index is 11.7. The lowest BCUT2D eigenvalue weighted by molar-refractivity contribution is 0.0514. The standard InChI is InChI=1S/C10H14ClNO4S/c1-5-16-10(13)8-6(2)9(17(11,14)15)7(3)12(8)4/h5H2,1-4H3. The van der Waals surface area contributed by atoms with E-state index < -0.39 is 15.0 Å². The Morgan fingerprint density at radius 3 is 2.29 bits per heavy atom. The minimum atomic E-state index is -3.87. The lowest BCUT2D eigenvalue weighted by Gasteiger charge is -2.04. The lowest BCUT2D eigenvalue weighted by atomic mass is 10.2. The zero-order chi connectivity index (χ0) is 13.4. The van der Waals surface area contributed by atoms with E-state index in [0.29, 0.717) is 11.3 Å². The molecule has 0 aliphatic heterocycles. The Morgan fingerprint density at radius 1 is 1.41 bits per heavy atom. The van der Waals surface area contributed by atoms with Crippen molar-refractivity contribution < 1.29 is 17.9 Å². The van der Waals surface area contributed by atoms with Crippen LogP contribution in [0.5, 0.6) is 0 Å². The van der Waals surface area contributed by atoms with Crippen LogP contribution in [0.15, 0.2) is 4.90 Å². The minimum Gasteiger partial charge on any atom is -0.461 e. The van der Waals surface area contributed by atoms with E-state index in [1.54, 1.807) is 20.9 Å². The number of hydrogen-bond donors (Lipinski definition) is 0. The van der Waals surface area contributed by atoms with Gasteiger partial charge in [-0.2, -0.15) is 0 Å². The molecule has 0 aliphatic rings. The molecule has 0 unspecified atom stereocenters. The maximum Gasteiger partial charge on any atom is 0.355 e. The predicted molar refractivity (Wildman–Crippen MR) is 63.9 cm³/mol. The van der Waals surface area contributed by atoms with Crippen LogP contribution < -0.4 is 0 Å². The van der Waals surface area contributed by atoms with Crippen LogP contribution in [0.3, 0.4) is 0 Å². The Hall–Kier alpha value is -1.01. The van der Waals surface area contributed by atoms with Gasteiger partial charge in [-0.15, -0.1) is 0 Å². The first-order chi connectivity index (χ1) is 7.71. The molecule has 1 rings (SSSR count). The van der Waals surface area contributed by atoms with Crippen LogP contribution >= 0.6 is 10.7 Å². The molecule has 96 valence electrons. The van der Waals surface area contributed by atoms with Gasteiger partial charge in [0.05, 0.1) is 6.61 Å². The minimum absolute atomic E-state index is 0.0234. The smallest absolute Gasteiger partial charge is 0.355 e. The first-order valence-electron chi connectivity index (χ1n) is 4.99. The van der Waals surface area contributed by atoms with E-state index in [2.05, 4.69) is 0 Å². The summed E-state index contributed by atoms with van der Waals surface area (Å²) in [5.74, 6) is -0.554. The molecule has 0 radical (unpaired) electrons. The second-order valence-electron chi connectivity index (χ2n) is 3.61. The van der Waals surface area contributed by atoms with Gasteiger partial charge in [-0.05, 0) is 20.8 Å². The van der Waals surface area contributed by atoms with E-state index in [0.717, 1.165) is 0 Å². The maximum absolute atomic E-state index is 11.7. The van der Waals surface area contributed by atoms with Gasteiger partial charge in [0.25, 0.3) is 9.05 Å². The zero-order valence-corrected chi connectivity index (χ0v) is 11.6. The molecule has 17 heavy (non-hydrogen) atoms. The molecule has 0 aromatic carbocycles. The highest BCUT2D eigenvalue weighted by Crippen LogP contribution is 2.28. The molecule has 0 spiro atoms. The number of nitrogens with zero attached hydrogens (tertiary/aromatic N) is 1. The van der Waals surface area contributed by atoms with E-state index >= 15 is 0 Å². The summed E-state index contributed by atoms with van der Waals surface area (Å²) in [6.07, 6.45) is 0. The van der Waals surface area contributed by atoms with Crippen molar-refractivity contribution >= 4 is 25.7 Å². The average Bonchev–Trinajstić information content (AvgIpc) is 2.37. The summed E-state index contributed by atoms with van der Waals surface area (Å²) < 4.78 is 29.2. The average molecular weight is 280 g/mol. The molecule has 0 fully saturated rings. The van der Waals surface area contributed by atoms with Crippen LogP contribution in [0.2, 0.25) is 0 Å². The van der Waals surface area contributed by atoms with Crippen molar-refractivity contribution in [2.45, 2.75) is 25.7 Å². The first-order valence-corrected chi connectivity index (χ1v) is 7.30. The van der Waals surface area contributed by atoms with Gasteiger partial charge in [0.15, 0.2) is 0 Å². The number of hydrogen-bond acceptors (Lipinski definition) is 4. The highest BCUT2D eigenvalue weighted by Gasteiger charge is 2.28. The predicted octanol–water partition coefficient (Wildman–Crippen LogP) is 1.75. The van der Waals surface area contributed by atoms with E-state index in [-0.39, 0.29) is 17.2 Å². The molecular weight excluding hydrogens is 266 g/mol. The topological polar surface area (TPSA) is 65.4 Å². The Balaban J connectivity index is 3.52. The Bertz CT molecular complexity index is 559. The van der Waals surface area contributed by atoms with Gasteiger partial charge < -0.3 is 9.30 Å². The van der Waals surface area contributed by atoms with Gasteiger partial charge in [0.2, 0.25) is 0 Å². The van der Waals surface area contributed by atoms with Gasteiger partial charge in [-0.3, -0.25) is 0 Å². The van der Waals surface area contributed by atoms with Crippen molar-refractivity contribution in [3.8, 4) is 0 Å². The summed E-state index contributed by atoms with van der Waals surface area (Å²) in [4.78, 5) is 11.7. The number of carbonyl (C=O) groups is 1. The second-order valence-corrected chi connectivity index (χ2v) is 6.11. The fourth-order valence-corrected chi connectivity index (χ4v) is 3.43. The van der Waals surface area contributed by atoms with E-state index in [1.165, 1.54) is 11.5 Å². The molecule has 0 amide bonds.